The molecule has 0 aliphatic carbocycles. The molecule has 0 radical (unpaired) electrons. The van der Waals surface area contributed by atoms with Crippen molar-refractivity contribution in [3.63, 3.8) is 0 Å². The van der Waals surface area contributed by atoms with Crippen LogP contribution in [0.5, 0.6) is 5.75 Å². The molecule has 1 atom stereocenters. The Labute approximate surface area is 129 Å². The van der Waals surface area contributed by atoms with Crippen LogP contribution in [0.2, 0.25) is 5.02 Å². The van der Waals surface area contributed by atoms with Crippen molar-refractivity contribution in [2.24, 2.45) is 0 Å². The Morgan fingerprint density at radius 3 is 2.67 bits per heavy atom. The fourth-order valence-corrected chi connectivity index (χ4v) is 2.14. The summed E-state index contributed by atoms with van der Waals surface area (Å²) >= 11 is 5.96. The summed E-state index contributed by atoms with van der Waals surface area (Å²) in [7, 11) is 0. The summed E-state index contributed by atoms with van der Waals surface area (Å²) in [5, 5.41) is 3.25. The number of amides is 1. The van der Waals surface area contributed by atoms with E-state index in [9.17, 15) is 4.79 Å². The van der Waals surface area contributed by atoms with Gasteiger partial charge in [-0.2, -0.15) is 0 Å². The Kier molecular flexibility index (Phi) is 5.17. The van der Waals surface area contributed by atoms with E-state index in [4.69, 9.17) is 16.3 Å². The fraction of sp³-hybridized carbons (Fsp3) is 0.250. The Morgan fingerprint density at radius 1 is 1.33 bits per heavy atom. The maximum Gasteiger partial charge on any atom is 0.253 e. The number of aromatic nitrogens is 1. The number of benzene rings is 1. The summed E-state index contributed by atoms with van der Waals surface area (Å²) in [4.78, 5) is 16.0. The molecule has 5 heteroatoms. The fourth-order valence-electron chi connectivity index (χ4n) is 1.94. The molecule has 0 saturated carbocycles. The normalized spacial score (nSPS) is 11.8. The molecule has 1 N–H and O–H groups in total. The lowest BCUT2D eigenvalue weighted by atomic mass is 10.1. The highest BCUT2D eigenvalue weighted by atomic mass is 35.5. The van der Waals surface area contributed by atoms with Gasteiger partial charge in [0.05, 0.1) is 23.2 Å². The number of hydrogen-bond acceptors (Lipinski definition) is 3. The predicted octanol–water partition coefficient (Wildman–Crippen LogP) is 3.62. The van der Waals surface area contributed by atoms with E-state index in [0.29, 0.717) is 17.2 Å². The third-order valence-corrected chi connectivity index (χ3v) is 3.36. The number of rotatable bonds is 5. The number of nitrogens with one attached hydrogen (secondary N) is 1. The minimum absolute atomic E-state index is 0.127. The highest BCUT2D eigenvalue weighted by molar-refractivity contribution is 6.33. The molecular formula is C16H17ClN2O2. The van der Waals surface area contributed by atoms with Crippen LogP contribution in [0.25, 0.3) is 0 Å². The Balaban J connectivity index is 2.05. The van der Waals surface area contributed by atoms with E-state index in [-0.39, 0.29) is 11.9 Å². The maximum atomic E-state index is 12.2. The van der Waals surface area contributed by atoms with Gasteiger partial charge in [-0.05, 0) is 37.6 Å². The molecule has 0 fully saturated rings. The molecule has 0 aliphatic rings. The molecule has 2 rings (SSSR count). The van der Waals surface area contributed by atoms with Crippen LogP contribution in [0, 0.1) is 0 Å². The Morgan fingerprint density at radius 2 is 2.05 bits per heavy atom. The maximum absolute atomic E-state index is 12.2. The minimum Gasteiger partial charge on any atom is -0.494 e. The number of nitrogens with zero attached hydrogens (tertiary/aromatic N) is 1. The number of pyridine rings is 1. The zero-order chi connectivity index (χ0) is 15.2. The first kappa shape index (κ1) is 15.3. The molecule has 4 nitrogen and oxygen atoms in total. The number of ether oxygens (including phenoxy) is 1. The van der Waals surface area contributed by atoms with Crippen molar-refractivity contribution in [1.82, 2.24) is 10.3 Å². The lowest BCUT2D eigenvalue weighted by molar-refractivity contribution is 0.0940. The van der Waals surface area contributed by atoms with Crippen LogP contribution in [0.3, 0.4) is 0 Å². The van der Waals surface area contributed by atoms with Gasteiger partial charge < -0.3 is 10.1 Å². The molecular weight excluding hydrogens is 288 g/mol. The second-order valence-electron chi connectivity index (χ2n) is 4.55. The van der Waals surface area contributed by atoms with Crippen molar-refractivity contribution in [3.05, 3.63) is 58.9 Å². The first-order valence-corrected chi connectivity index (χ1v) is 7.12. The zero-order valence-electron chi connectivity index (χ0n) is 12.0. The van der Waals surface area contributed by atoms with Crippen LogP contribution < -0.4 is 10.1 Å². The third-order valence-electron chi connectivity index (χ3n) is 3.06. The van der Waals surface area contributed by atoms with Gasteiger partial charge in [0.25, 0.3) is 5.91 Å². The van der Waals surface area contributed by atoms with Crippen LogP contribution in [-0.2, 0) is 0 Å². The van der Waals surface area contributed by atoms with Crippen molar-refractivity contribution >= 4 is 17.5 Å². The van der Waals surface area contributed by atoms with Crippen molar-refractivity contribution in [3.8, 4) is 5.75 Å². The molecule has 110 valence electrons. The van der Waals surface area contributed by atoms with Crippen LogP contribution in [0.4, 0.5) is 0 Å². The number of halogens is 1. The van der Waals surface area contributed by atoms with Crippen LogP contribution in [-0.4, -0.2) is 17.5 Å². The predicted molar refractivity (Wildman–Crippen MR) is 82.7 cm³/mol. The topological polar surface area (TPSA) is 51.2 Å². The second kappa shape index (κ2) is 7.09. The smallest absolute Gasteiger partial charge is 0.253 e. The van der Waals surface area contributed by atoms with E-state index >= 15 is 0 Å². The van der Waals surface area contributed by atoms with E-state index in [1.165, 1.54) is 6.20 Å². The number of carbonyl (C=O) groups is 1. The van der Waals surface area contributed by atoms with Crippen molar-refractivity contribution in [2.75, 3.05) is 6.61 Å². The monoisotopic (exact) mass is 304 g/mol. The van der Waals surface area contributed by atoms with Crippen molar-refractivity contribution < 1.29 is 9.53 Å². The first-order valence-electron chi connectivity index (χ1n) is 6.75. The lowest BCUT2D eigenvalue weighted by Crippen LogP contribution is -2.26. The quantitative estimate of drug-likeness (QED) is 0.918. The summed E-state index contributed by atoms with van der Waals surface area (Å²) in [5.74, 6) is 0.598. The summed E-state index contributed by atoms with van der Waals surface area (Å²) in [5.41, 5.74) is 1.42. The first-order chi connectivity index (χ1) is 10.1. The van der Waals surface area contributed by atoms with Gasteiger partial charge in [0.1, 0.15) is 5.75 Å². The molecule has 21 heavy (non-hydrogen) atoms. The van der Waals surface area contributed by atoms with Gasteiger partial charge >= 0.3 is 0 Å². The number of carbonyl (C=O) groups excluding carboxylic acids is 1. The largest absolute Gasteiger partial charge is 0.494 e. The molecule has 1 aromatic heterocycles. The Hall–Kier alpha value is -2.07. The molecule has 1 aromatic carbocycles. The highest BCUT2D eigenvalue weighted by Gasteiger charge is 2.14. The lowest BCUT2D eigenvalue weighted by Gasteiger charge is -2.15. The van der Waals surface area contributed by atoms with Crippen LogP contribution in [0.1, 0.15) is 35.8 Å². The van der Waals surface area contributed by atoms with E-state index in [0.717, 1.165) is 11.3 Å². The van der Waals surface area contributed by atoms with Crippen LogP contribution in [0.15, 0.2) is 42.7 Å². The van der Waals surface area contributed by atoms with Crippen LogP contribution >= 0.6 is 11.6 Å². The molecule has 0 bridgehead atoms. The van der Waals surface area contributed by atoms with Gasteiger partial charge in [-0.25, -0.2) is 0 Å². The summed E-state index contributed by atoms with van der Waals surface area (Å²) < 4.78 is 5.39. The van der Waals surface area contributed by atoms with Gasteiger partial charge in [0, 0.05) is 12.4 Å². The van der Waals surface area contributed by atoms with Gasteiger partial charge in [-0.3, -0.25) is 9.78 Å². The van der Waals surface area contributed by atoms with Gasteiger partial charge in [-0.15, -0.1) is 0 Å². The Bertz CT molecular complexity index is 614. The molecule has 1 unspecified atom stereocenters. The molecule has 0 aliphatic heterocycles. The van der Waals surface area contributed by atoms with E-state index in [2.05, 4.69) is 10.3 Å². The minimum atomic E-state index is -0.219. The molecule has 0 spiro atoms. The van der Waals surface area contributed by atoms with Crippen molar-refractivity contribution in [2.45, 2.75) is 19.9 Å². The average molecular weight is 305 g/mol. The van der Waals surface area contributed by atoms with Gasteiger partial charge in [0.15, 0.2) is 0 Å². The van der Waals surface area contributed by atoms with E-state index < -0.39 is 0 Å². The van der Waals surface area contributed by atoms with Gasteiger partial charge in [0.2, 0.25) is 0 Å². The summed E-state index contributed by atoms with van der Waals surface area (Å²) in [6, 6.07) is 9.12. The molecule has 1 heterocycles. The SMILES string of the molecule is CCOc1ccc(C(C)NC(=O)c2ccncc2Cl)cc1. The summed E-state index contributed by atoms with van der Waals surface area (Å²) in [6.07, 6.45) is 3.00. The van der Waals surface area contributed by atoms with E-state index in [1.807, 2.05) is 38.1 Å². The summed E-state index contributed by atoms with van der Waals surface area (Å²) in [6.45, 7) is 4.49. The standard InChI is InChI=1S/C16H17ClN2O2/c1-3-21-13-6-4-12(5-7-13)11(2)19-16(20)14-8-9-18-10-15(14)17/h4-11H,3H2,1-2H3,(H,19,20). The third kappa shape index (κ3) is 3.95. The molecule has 1 amide bonds. The molecule has 2 aromatic rings. The molecule has 0 saturated heterocycles. The highest BCUT2D eigenvalue weighted by Crippen LogP contribution is 2.19. The number of hydrogen-bond donors (Lipinski definition) is 1. The van der Waals surface area contributed by atoms with E-state index in [1.54, 1.807) is 12.3 Å². The zero-order valence-corrected chi connectivity index (χ0v) is 12.7. The average Bonchev–Trinajstić information content (AvgIpc) is 2.48. The van der Waals surface area contributed by atoms with Gasteiger partial charge in [-0.1, -0.05) is 23.7 Å². The van der Waals surface area contributed by atoms with Crippen molar-refractivity contribution in [1.29, 1.82) is 0 Å². The second-order valence-corrected chi connectivity index (χ2v) is 4.96.